The third-order valence-corrected chi connectivity index (χ3v) is 3.35. The normalized spacial score (nSPS) is 29.4. The molecule has 0 saturated carbocycles. The highest BCUT2D eigenvalue weighted by molar-refractivity contribution is 5.71. The first-order valence-corrected chi connectivity index (χ1v) is 5.95. The van der Waals surface area contributed by atoms with E-state index in [4.69, 9.17) is 15.6 Å². The first-order valence-electron chi connectivity index (χ1n) is 5.95. The predicted molar refractivity (Wildman–Crippen MR) is 66.6 cm³/mol. The average molecular weight is 269 g/mol. The van der Waals surface area contributed by atoms with Crippen LogP contribution in [0.3, 0.4) is 0 Å². The summed E-state index contributed by atoms with van der Waals surface area (Å²) in [5.41, 5.74) is 5.51. The summed E-state index contributed by atoms with van der Waals surface area (Å²) in [4.78, 5) is 19.9. The molecular weight excluding hydrogens is 254 g/mol. The minimum atomic E-state index is -0.738. The second-order valence-electron chi connectivity index (χ2n) is 4.57. The molecule has 0 bridgehead atoms. The van der Waals surface area contributed by atoms with E-state index in [0.717, 1.165) is 0 Å². The summed E-state index contributed by atoms with van der Waals surface area (Å²) in [6, 6.07) is 0. The van der Waals surface area contributed by atoms with Crippen molar-refractivity contribution in [3.63, 3.8) is 0 Å². The van der Waals surface area contributed by atoms with E-state index in [2.05, 4.69) is 15.3 Å². The smallest absolute Gasteiger partial charge is 0.277 e. The molecule has 3 heterocycles. The maximum absolute atomic E-state index is 11.7. The number of nitrogen functional groups attached to an aromatic ring is 1. The van der Waals surface area contributed by atoms with Gasteiger partial charge in [0.05, 0.1) is 19.4 Å². The molecular formula is C10H15N5O4. The number of aromatic nitrogens is 2. The van der Waals surface area contributed by atoms with Crippen molar-refractivity contribution in [1.29, 1.82) is 0 Å². The monoisotopic (exact) mass is 269 g/mol. The fourth-order valence-electron chi connectivity index (χ4n) is 2.39. The zero-order chi connectivity index (χ0) is 13.6. The summed E-state index contributed by atoms with van der Waals surface area (Å²) >= 11 is 0. The lowest BCUT2D eigenvalue weighted by atomic mass is 10.2. The van der Waals surface area contributed by atoms with Crippen molar-refractivity contribution in [2.24, 2.45) is 0 Å². The molecule has 2 aliphatic rings. The molecule has 6 N–H and O–H groups in total. The molecule has 0 unspecified atom stereocenters. The molecule has 1 saturated heterocycles. The molecule has 0 radical (unpaired) electrons. The Hall–Kier alpha value is -1.84. The Morgan fingerprint density at radius 1 is 1.58 bits per heavy atom. The third kappa shape index (κ3) is 1.91. The molecule has 104 valence electrons. The van der Waals surface area contributed by atoms with Crippen LogP contribution in [0.5, 0.6) is 0 Å². The van der Waals surface area contributed by atoms with Crippen LogP contribution < -0.4 is 21.5 Å². The molecule has 0 aliphatic carbocycles. The first-order chi connectivity index (χ1) is 9.10. The highest BCUT2D eigenvalue weighted by Gasteiger charge is 2.40. The molecule has 0 amide bonds. The van der Waals surface area contributed by atoms with Crippen LogP contribution in [0.25, 0.3) is 0 Å². The number of nitrogens with two attached hydrogens (primary N) is 1. The van der Waals surface area contributed by atoms with Gasteiger partial charge in [-0.25, -0.2) is 0 Å². The van der Waals surface area contributed by atoms with Crippen molar-refractivity contribution < 1.29 is 14.9 Å². The van der Waals surface area contributed by atoms with Crippen molar-refractivity contribution in [2.45, 2.75) is 24.9 Å². The van der Waals surface area contributed by atoms with E-state index in [9.17, 15) is 9.90 Å². The Labute approximate surface area is 108 Å². The summed E-state index contributed by atoms with van der Waals surface area (Å²) in [5, 5.41) is 21.7. The van der Waals surface area contributed by atoms with Crippen molar-refractivity contribution in [1.82, 2.24) is 9.97 Å². The van der Waals surface area contributed by atoms with E-state index < -0.39 is 18.4 Å². The number of hydrogen-bond acceptors (Lipinski definition) is 8. The summed E-state index contributed by atoms with van der Waals surface area (Å²) in [5.74, 6) is 0.423. The number of nitrogens with zero attached hydrogens (tertiary/aromatic N) is 2. The zero-order valence-electron chi connectivity index (χ0n) is 10.0. The van der Waals surface area contributed by atoms with E-state index in [1.807, 2.05) is 0 Å². The largest absolute Gasteiger partial charge is 0.394 e. The minimum Gasteiger partial charge on any atom is -0.394 e. The van der Waals surface area contributed by atoms with Gasteiger partial charge in [-0.1, -0.05) is 0 Å². The van der Waals surface area contributed by atoms with Gasteiger partial charge in [-0.05, 0) is 0 Å². The molecule has 0 aromatic carbocycles. The van der Waals surface area contributed by atoms with Crippen LogP contribution >= 0.6 is 0 Å². The highest BCUT2D eigenvalue weighted by atomic mass is 16.5. The van der Waals surface area contributed by atoms with E-state index in [-0.39, 0.29) is 18.1 Å². The van der Waals surface area contributed by atoms with E-state index in [0.29, 0.717) is 24.6 Å². The van der Waals surface area contributed by atoms with Gasteiger partial charge in [0.2, 0.25) is 5.95 Å². The quantitative estimate of drug-likeness (QED) is 0.416. The Balaban J connectivity index is 1.89. The lowest BCUT2D eigenvalue weighted by Gasteiger charge is -2.24. The second-order valence-corrected chi connectivity index (χ2v) is 4.57. The number of anilines is 3. The van der Waals surface area contributed by atoms with Crippen LogP contribution in [-0.4, -0.2) is 51.9 Å². The summed E-state index contributed by atoms with van der Waals surface area (Å²) < 4.78 is 5.54. The van der Waals surface area contributed by atoms with Crippen LogP contribution in [-0.2, 0) is 4.74 Å². The third-order valence-electron chi connectivity index (χ3n) is 3.35. The van der Waals surface area contributed by atoms with Crippen LogP contribution in [0.2, 0.25) is 0 Å². The number of hydrogen-bond donors (Lipinski definition) is 5. The molecule has 19 heavy (non-hydrogen) atoms. The van der Waals surface area contributed by atoms with Crippen molar-refractivity contribution >= 4 is 17.5 Å². The number of aliphatic hydroxyl groups excluding tert-OH is 2. The van der Waals surface area contributed by atoms with Gasteiger partial charge in [-0.15, -0.1) is 0 Å². The molecule has 1 aromatic rings. The maximum atomic E-state index is 11.7. The SMILES string of the molecule is Nc1nc2c(c(=O)[nH]1)NCN2[C@H]1C[C@@H](O)[C@@H](CO)O1. The number of ether oxygens (including phenoxy) is 1. The van der Waals surface area contributed by atoms with Gasteiger partial charge in [0.1, 0.15) is 18.0 Å². The Bertz CT molecular complexity index is 547. The second kappa shape index (κ2) is 4.37. The molecule has 3 rings (SSSR count). The van der Waals surface area contributed by atoms with Crippen molar-refractivity contribution in [2.75, 3.05) is 29.2 Å². The number of nitrogens with one attached hydrogen (secondary N) is 2. The van der Waals surface area contributed by atoms with Crippen molar-refractivity contribution in [3.8, 4) is 0 Å². The van der Waals surface area contributed by atoms with Gasteiger partial charge in [0.25, 0.3) is 5.56 Å². The lowest BCUT2D eigenvalue weighted by molar-refractivity contribution is -0.0218. The fourth-order valence-corrected chi connectivity index (χ4v) is 2.39. The van der Waals surface area contributed by atoms with E-state index in [1.165, 1.54) is 0 Å². The molecule has 3 atom stereocenters. The van der Waals surface area contributed by atoms with E-state index in [1.54, 1.807) is 4.90 Å². The zero-order valence-corrected chi connectivity index (χ0v) is 10.0. The molecule has 1 fully saturated rings. The van der Waals surface area contributed by atoms with Gasteiger partial charge in [0, 0.05) is 6.42 Å². The molecule has 0 spiro atoms. The molecule has 9 heteroatoms. The predicted octanol–water partition coefficient (Wildman–Crippen LogP) is -1.99. The van der Waals surface area contributed by atoms with Crippen LogP contribution in [0.15, 0.2) is 4.79 Å². The number of rotatable bonds is 2. The Morgan fingerprint density at radius 3 is 3.05 bits per heavy atom. The van der Waals surface area contributed by atoms with Gasteiger partial charge in [-0.3, -0.25) is 9.78 Å². The fraction of sp³-hybridized carbons (Fsp3) is 0.600. The van der Waals surface area contributed by atoms with E-state index >= 15 is 0 Å². The van der Waals surface area contributed by atoms with Crippen LogP contribution in [0.1, 0.15) is 6.42 Å². The van der Waals surface area contributed by atoms with Gasteiger partial charge in [-0.2, -0.15) is 4.98 Å². The number of aromatic amines is 1. The first kappa shape index (κ1) is 12.2. The van der Waals surface area contributed by atoms with Gasteiger partial charge in [0.15, 0.2) is 5.82 Å². The summed E-state index contributed by atoms with van der Waals surface area (Å²) in [6.45, 7) is 0.0845. The van der Waals surface area contributed by atoms with Crippen molar-refractivity contribution in [3.05, 3.63) is 10.4 Å². The standard InChI is InChI=1S/C10H15N5O4/c11-10-13-8-7(9(18)14-10)12-3-15(8)6-1-4(17)5(2-16)19-6/h4-6,12,16-17H,1-3H2,(H3,11,13,14,18)/t4-,5-,6-/m1/s1. The van der Waals surface area contributed by atoms with Gasteiger partial charge < -0.3 is 30.9 Å². The Morgan fingerprint density at radius 2 is 2.37 bits per heavy atom. The molecule has 2 aliphatic heterocycles. The minimum absolute atomic E-state index is 0.0229. The number of H-pyrrole nitrogens is 1. The molecule has 1 aromatic heterocycles. The summed E-state index contributed by atoms with van der Waals surface area (Å²) in [7, 11) is 0. The summed E-state index contributed by atoms with van der Waals surface area (Å²) in [6.07, 6.45) is -1.47. The average Bonchev–Trinajstić information content (AvgIpc) is 2.92. The Kier molecular flexibility index (Phi) is 2.81. The van der Waals surface area contributed by atoms with Crippen LogP contribution in [0, 0.1) is 0 Å². The lowest BCUT2D eigenvalue weighted by Crippen LogP contribution is -2.36. The van der Waals surface area contributed by atoms with Crippen LogP contribution in [0.4, 0.5) is 17.5 Å². The maximum Gasteiger partial charge on any atom is 0.277 e. The number of fused-ring (bicyclic) bond motifs is 1. The molecule has 9 nitrogen and oxygen atoms in total. The highest BCUT2D eigenvalue weighted by Crippen LogP contribution is 2.32. The topological polar surface area (TPSA) is 137 Å². The number of aliphatic hydroxyl groups is 2. The van der Waals surface area contributed by atoms with Gasteiger partial charge >= 0.3 is 0 Å².